The Morgan fingerprint density at radius 2 is 1.71 bits per heavy atom. The van der Waals surface area contributed by atoms with Gasteiger partial charge >= 0.3 is 6.18 Å². The summed E-state index contributed by atoms with van der Waals surface area (Å²) in [6, 6.07) is 14.3. The molecule has 0 aliphatic rings. The highest BCUT2D eigenvalue weighted by atomic mass is 19.4. The first-order valence-electron chi connectivity index (χ1n) is 10.7. The second kappa shape index (κ2) is 11.0. The molecule has 3 rings (SSSR count). The van der Waals surface area contributed by atoms with Gasteiger partial charge in [-0.25, -0.2) is 4.68 Å². The molecule has 1 heterocycles. The number of amides is 2. The van der Waals surface area contributed by atoms with Crippen molar-refractivity contribution >= 4 is 17.5 Å². The van der Waals surface area contributed by atoms with E-state index in [1.807, 2.05) is 36.5 Å². The number of halogens is 3. The lowest BCUT2D eigenvalue weighted by Gasteiger charge is -2.23. The number of carbonyl (C=O) groups excluding carboxylic acids is 2. The zero-order valence-corrected chi connectivity index (χ0v) is 18.9. The Hall–Kier alpha value is -3.66. The third-order valence-corrected chi connectivity index (χ3v) is 5.18. The SMILES string of the molecule is CCN(CC(=O)Nc1ccccc1C(F)(F)F)CC(=O)N(C)Cc1cnn(-c2ccccc2)c1. The summed E-state index contributed by atoms with van der Waals surface area (Å²) in [6.45, 7) is 2.21. The molecule has 0 saturated carbocycles. The molecule has 0 spiro atoms. The molecular formula is C24H26F3N5O2. The number of alkyl halides is 3. The molecule has 180 valence electrons. The van der Waals surface area contributed by atoms with Gasteiger partial charge in [-0.05, 0) is 30.8 Å². The van der Waals surface area contributed by atoms with Gasteiger partial charge in [0.25, 0.3) is 0 Å². The number of hydrogen-bond acceptors (Lipinski definition) is 4. The Morgan fingerprint density at radius 1 is 1.03 bits per heavy atom. The third-order valence-electron chi connectivity index (χ3n) is 5.18. The first kappa shape index (κ1) is 25.0. The molecule has 0 atom stereocenters. The van der Waals surface area contributed by atoms with Crippen LogP contribution < -0.4 is 5.32 Å². The van der Waals surface area contributed by atoms with Gasteiger partial charge in [-0.1, -0.05) is 37.3 Å². The Kier molecular flexibility index (Phi) is 8.06. The molecule has 7 nitrogen and oxygen atoms in total. The molecule has 0 fully saturated rings. The molecule has 0 unspecified atom stereocenters. The molecule has 1 aromatic heterocycles. The minimum Gasteiger partial charge on any atom is -0.340 e. The van der Waals surface area contributed by atoms with Crippen molar-refractivity contribution in [1.29, 1.82) is 0 Å². The van der Waals surface area contributed by atoms with Crippen LogP contribution in [-0.2, 0) is 22.3 Å². The van der Waals surface area contributed by atoms with Crippen LogP contribution in [0.15, 0.2) is 67.0 Å². The van der Waals surface area contributed by atoms with Crippen LogP contribution in [0.5, 0.6) is 0 Å². The van der Waals surface area contributed by atoms with Crippen molar-refractivity contribution < 1.29 is 22.8 Å². The smallest absolute Gasteiger partial charge is 0.340 e. The lowest BCUT2D eigenvalue weighted by atomic mass is 10.1. The largest absolute Gasteiger partial charge is 0.418 e. The zero-order valence-electron chi connectivity index (χ0n) is 18.9. The van der Waals surface area contributed by atoms with Gasteiger partial charge in [-0.2, -0.15) is 18.3 Å². The minimum atomic E-state index is -4.58. The number of nitrogens with one attached hydrogen (secondary N) is 1. The van der Waals surface area contributed by atoms with Gasteiger partial charge in [-0.3, -0.25) is 14.5 Å². The standard InChI is InChI=1S/C24H26F3N5O2/c1-3-31(16-22(33)29-21-12-8-7-11-20(21)24(25,26)27)17-23(34)30(2)14-18-13-28-32(15-18)19-9-5-4-6-10-19/h4-13,15H,3,14,16-17H2,1-2H3,(H,29,33). The topological polar surface area (TPSA) is 70.5 Å². The summed E-state index contributed by atoms with van der Waals surface area (Å²) in [5.74, 6) is -0.851. The summed E-state index contributed by atoms with van der Waals surface area (Å²) < 4.78 is 41.2. The van der Waals surface area contributed by atoms with E-state index in [2.05, 4.69) is 10.4 Å². The van der Waals surface area contributed by atoms with E-state index in [1.54, 1.807) is 29.7 Å². The summed E-state index contributed by atoms with van der Waals surface area (Å²) in [7, 11) is 1.65. The minimum absolute atomic E-state index is 0.0475. The van der Waals surface area contributed by atoms with E-state index >= 15 is 0 Å². The molecule has 34 heavy (non-hydrogen) atoms. The Bertz CT molecular complexity index is 1120. The lowest BCUT2D eigenvalue weighted by molar-refractivity contribution is -0.137. The number of hydrogen-bond donors (Lipinski definition) is 1. The van der Waals surface area contributed by atoms with E-state index in [9.17, 15) is 22.8 Å². The van der Waals surface area contributed by atoms with Crippen molar-refractivity contribution in [1.82, 2.24) is 19.6 Å². The van der Waals surface area contributed by atoms with Gasteiger partial charge in [0.15, 0.2) is 0 Å². The van der Waals surface area contributed by atoms with Gasteiger partial charge in [0.1, 0.15) is 0 Å². The monoisotopic (exact) mass is 473 g/mol. The molecule has 10 heteroatoms. The molecule has 0 bridgehead atoms. The van der Waals surface area contributed by atoms with Crippen LogP contribution >= 0.6 is 0 Å². The van der Waals surface area contributed by atoms with Crippen LogP contribution in [0.3, 0.4) is 0 Å². The fraction of sp³-hybridized carbons (Fsp3) is 0.292. The molecular weight excluding hydrogens is 447 g/mol. The van der Waals surface area contributed by atoms with Crippen LogP contribution in [0.1, 0.15) is 18.1 Å². The van der Waals surface area contributed by atoms with Gasteiger partial charge in [-0.15, -0.1) is 0 Å². The second-order valence-electron chi connectivity index (χ2n) is 7.77. The highest BCUT2D eigenvalue weighted by Crippen LogP contribution is 2.34. The maximum Gasteiger partial charge on any atom is 0.418 e. The first-order chi connectivity index (χ1) is 16.2. The molecule has 0 saturated heterocycles. The summed E-state index contributed by atoms with van der Waals surface area (Å²) in [4.78, 5) is 28.2. The Morgan fingerprint density at radius 3 is 2.38 bits per heavy atom. The maximum atomic E-state index is 13.1. The van der Waals surface area contributed by atoms with Gasteiger partial charge in [0, 0.05) is 25.4 Å². The van der Waals surface area contributed by atoms with E-state index in [1.165, 1.54) is 23.1 Å². The number of rotatable bonds is 9. The predicted octanol–water partition coefficient (Wildman–Crippen LogP) is 3.81. The number of likely N-dealkylation sites (N-methyl/N-ethyl adjacent to an activating group) is 2. The van der Waals surface area contributed by atoms with Crippen LogP contribution in [0.4, 0.5) is 18.9 Å². The van der Waals surface area contributed by atoms with Gasteiger partial charge in [0.05, 0.1) is 36.2 Å². The highest BCUT2D eigenvalue weighted by Gasteiger charge is 2.33. The summed E-state index contributed by atoms with van der Waals surface area (Å²) in [5, 5.41) is 6.62. The van der Waals surface area contributed by atoms with Crippen molar-refractivity contribution in [2.45, 2.75) is 19.6 Å². The molecule has 3 aromatic rings. The Labute approximate surface area is 195 Å². The van der Waals surface area contributed by atoms with Crippen LogP contribution in [0, 0.1) is 0 Å². The number of carbonyl (C=O) groups is 2. The maximum absolute atomic E-state index is 13.1. The van der Waals surface area contributed by atoms with Crippen molar-refractivity contribution in [3.05, 3.63) is 78.1 Å². The van der Waals surface area contributed by atoms with E-state index in [-0.39, 0.29) is 24.7 Å². The molecule has 0 aliphatic heterocycles. The van der Waals surface area contributed by atoms with E-state index < -0.39 is 17.6 Å². The molecule has 1 N–H and O–H groups in total. The average Bonchev–Trinajstić information content (AvgIpc) is 3.27. The van der Waals surface area contributed by atoms with Crippen molar-refractivity contribution in [3.63, 3.8) is 0 Å². The summed E-state index contributed by atoms with van der Waals surface area (Å²) in [6.07, 6.45) is -1.07. The summed E-state index contributed by atoms with van der Waals surface area (Å²) in [5.41, 5.74) is 0.510. The number of aromatic nitrogens is 2. The molecule has 2 amide bonds. The number of benzene rings is 2. The predicted molar refractivity (Wildman–Crippen MR) is 122 cm³/mol. The van der Waals surface area contributed by atoms with Gasteiger partial charge < -0.3 is 10.2 Å². The fourth-order valence-corrected chi connectivity index (χ4v) is 3.35. The zero-order chi connectivity index (χ0) is 24.7. The third kappa shape index (κ3) is 6.67. The summed E-state index contributed by atoms with van der Waals surface area (Å²) >= 11 is 0. The van der Waals surface area contributed by atoms with E-state index in [4.69, 9.17) is 0 Å². The normalized spacial score (nSPS) is 11.5. The number of nitrogens with zero attached hydrogens (tertiary/aromatic N) is 4. The van der Waals surface area contributed by atoms with Gasteiger partial charge in [0.2, 0.25) is 11.8 Å². The van der Waals surface area contributed by atoms with Crippen LogP contribution in [0.2, 0.25) is 0 Å². The van der Waals surface area contributed by atoms with Crippen LogP contribution in [-0.4, -0.2) is 58.1 Å². The second-order valence-corrected chi connectivity index (χ2v) is 7.77. The molecule has 0 aliphatic carbocycles. The van der Waals surface area contributed by atoms with Crippen LogP contribution in [0.25, 0.3) is 5.69 Å². The molecule has 0 radical (unpaired) electrons. The van der Waals surface area contributed by atoms with E-state index in [0.29, 0.717) is 13.1 Å². The number of anilines is 1. The fourth-order valence-electron chi connectivity index (χ4n) is 3.35. The highest BCUT2D eigenvalue weighted by molar-refractivity contribution is 5.93. The quantitative estimate of drug-likeness (QED) is 0.513. The van der Waals surface area contributed by atoms with Crippen molar-refractivity contribution in [3.8, 4) is 5.69 Å². The first-order valence-corrected chi connectivity index (χ1v) is 10.7. The number of para-hydroxylation sites is 2. The van der Waals surface area contributed by atoms with E-state index in [0.717, 1.165) is 17.3 Å². The molecule has 2 aromatic carbocycles. The average molecular weight is 473 g/mol. The Balaban J connectivity index is 1.55. The van der Waals surface area contributed by atoms with Crippen molar-refractivity contribution in [2.75, 3.05) is 32.0 Å². The van der Waals surface area contributed by atoms with Crippen molar-refractivity contribution in [2.24, 2.45) is 0 Å². The lowest BCUT2D eigenvalue weighted by Crippen LogP contribution is -2.41.